The fourth-order valence-corrected chi connectivity index (χ4v) is 2.59. The van der Waals surface area contributed by atoms with Crippen LogP contribution in [0.25, 0.3) is 0 Å². The van der Waals surface area contributed by atoms with Crippen LogP contribution in [-0.4, -0.2) is 6.54 Å². The van der Waals surface area contributed by atoms with E-state index in [1.807, 2.05) is 0 Å². The molecular weight excluding hydrogens is 276 g/mol. The molecule has 1 unspecified atom stereocenters. The molecule has 1 atom stereocenters. The number of unbranched alkanes of at least 4 members (excludes halogenated alkanes) is 10. The van der Waals surface area contributed by atoms with Crippen LogP contribution in [0.4, 0.5) is 0 Å². The second-order valence-corrected chi connectivity index (χ2v) is 6.31. The van der Waals surface area contributed by atoms with E-state index >= 15 is 0 Å². The summed E-state index contributed by atoms with van der Waals surface area (Å²) in [6.07, 6.45) is 18.5. The quantitative estimate of drug-likeness (QED) is 0.232. The minimum Gasteiger partial charge on any atom is -0.330 e. The lowest BCUT2D eigenvalue weighted by molar-refractivity contribution is 0.459. The topological polar surface area (TPSA) is 49.8 Å². The average Bonchev–Trinajstić information content (AvgIpc) is 2.46. The van der Waals surface area contributed by atoms with Gasteiger partial charge >= 0.3 is 0 Å². The fourth-order valence-electron chi connectivity index (χ4n) is 2.59. The largest absolute Gasteiger partial charge is 0.330 e. The van der Waals surface area contributed by atoms with Gasteiger partial charge in [-0.3, -0.25) is 0 Å². The number of nitriles is 1. The summed E-state index contributed by atoms with van der Waals surface area (Å²) in [5.41, 5.74) is 5.56. The smallest absolute Gasteiger partial charge is 0.130 e. The van der Waals surface area contributed by atoms with Crippen molar-refractivity contribution < 1.29 is 0 Å². The van der Waals surface area contributed by atoms with Crippen LogP contribution < -0.4 is 5.73 Å². The molecular formula is C18H38N2S. The number of nitrogens with zero attached hydrogens (tertiary/aromatic N) is 1. The molecule has 0 aliphatic heterocycles. The number of thiol groups is 1. The van der Waals surface area contributed by atoms with Gasteiger partial charge in [-0.15, -0.1) is 0 Å². The second-order valence-electron chi connectivity index (χ2n) is 6.11. The van der Waals surface area contributed by atoms with E-state index in [0.29, 0.717) is 0 Å². The van der Waals surface area contributed by atoms with Crippen molar-refractivity contribution >= 4 is 12.6 Å². The maximum Gasteiger partial charge on any atom is 0.130 e. The van der Waals surface area contributed by atoms with E-state index < -0.39 is 0 Å². The van der Waals surface area contributed by atoms with E-state index in [9.17, 15) is 0 Å². The first-order valence-electron chi connectivity index (χ1n) is 8.96. The van der Waals surface area contributed by atoms with Crippen LogP contribution in [0.2, 0.25) is 0 Å². The van der Waals surface area contributed by atoms with Gasteiger partial charge in [0.15, 0.2) is 0 Å². The Morgan fingerprint density at radius 2 is 1.24 bits per heavy atom. The molecule has 2 nitrogen and oxygen atoms in total. The molecule has 0 aliphatic rings. The molecule has 0 aromatic rings. The summed E-state index contributed by atoms with van der Waals surface area (Å²) in [6, 6.07) is 0. The normalized spacial score (nSPS) is 11.4. The SMILES string of the molecule is CCCCCCCCCCCCCC(C)CCN.N#CS. The van der Waals surface area contributed by atoms with Crippen LogP contribution in [-0.2, 0) is 0 Å². The van der Waals surface area contributed by atoms with Gasteiger partial charge in [0.1, 0.15) is 5.40 Å². The molecule has 2 N–H and O–H groups in total. The molecule has 0 saturated heterocycles. The van der Waals surface area contributed by atoms with E-state index in [0.717, 1.165) is 12.5 Å². The first-order chi connectivity index (χ1) is 10.2. The zero-order valence-corrected chi connectivity index (χ0v) is 15.3. The van der Waals surface area contributed by atoms with Gasteiger partial charge in [-0.1, -0.05) is 104 Å². The number of thiocyanates is 1. The maximum absolute atomic E-state index is 7.18. The van der Waals surface area contributed by atoms with Gasteiger partial charge in [-0.05, 0) is 18.9 Å². The third kappa shape index (κ3) is 25.1. The minimum atomic E-state index is 0.841. The molecule has 0 fully saturated rings. The van der Waals surface area contributed by atoms with Crippen molar-refractivity contribution in [1.29, 1.82) is 5.26 Å². The van der Waals surface area contributed by atoms with Gasteiger partial charge in [0.2, 0.25) is 0 Å². The van der Waals surface area contributed by atoms with E-state index in [4.69, 9.17) is 11.0 Å². The highest BCUT2D eigenvalue weighted by atomic mass is 32.1. The van der Waals surface area contributed by atoms with Gasteiger partial charge < -0.3 is 5.73 Å². The Balaban J connectivity index is 0. The highest BCUT2D eigenvalue weighted by Gasteiger charge is 2.00. The molecule has 0 aliphatic carbocycles. The predicted octanol–water partition coefficient (Wildman–Crippen LogP) is 6.07. The van der Waals surface area contributed by atoms with E-state index in [1.54, 1.807) is 0 Å². The van der Waals surface area contributed by atoms with Gasteiger partial charge in [0.05, 0.1) is 0 Å². The molecule has 0 amide bonds. The standard InChI is InChI=1S/C17H37N.CHNS/c1-3-4-5-6-7-8-9-10-11-12-13-14-17(2)15-16-18;2-1-3/h17H,3-16,18H2,1-2H3;3H. The Bertz CT molecular complexity index is 214. The monoisotopic (exact) mass is 314 g/mol. The molecule has 0 spiro atoms. The maximum atomic E-state index is 7.18. The molecule has 0 aromatic carbocycles. The Hall–Kier alpha value is -0.200. The number of nitrogens with two attached hydrogens (primary N) is 1. The lowest BCUT2D eigenvalue weighted by Gasteiger charge is -2.09. The van der Waals surface area contributed by atoms with Crippen molar-refractivity contribution in [3.05, 3.63) is 0 Å². The minimum absolute atomic E-state index is 0.841. The van der Waals surface area contributed by atoms with Crippen LogP contribution in [0.1, 0.15) is 97.3 Å². The number of hydrogen-bond donors (Lipinski definition) is 2. The van der Waals surface area contributed by atoms with Crippen molar-refractivity contribution in [2.45, 2.75) is 97.3 Å². The van der Waals surface area contributed by atoms with Gasteiger partial charge in [0.25, 0.3) is 0 Å². The Labute approximate surface area is 139 Å². The molecule has 0 heterocycles. The molecule has 21 heavy (non-hydrogen) atoms. The molecule has 0 aromatic heterocycles. The fraction of sp³-hybridized carbons (Fsp3) is 0.944. The lowest BCUT2D eigenvalue weighted by Crippen LogP contribution is -2.05. The third-order valence-electron chi connectivity index (χ3n) is 3.96. The number of hydrogen-bond acceptors (Lipinski definition) is 3. The summed E-state index contributed by atoms with van der Waals surface area (Å²) in [5.74, 6) is 0.841. The highest BCUT2D eigenvalue weighted by Crippen LogP contribution is 2.15. The van der Waals surface area contributed by atoms with Crippen LogP contribution in [0.3, 0.4) is 0 Å². The van der Waals surface area contributed by atoms with Crippen LogP contribution in [0, 0.1) is 16.6 Å². The number of rotatable bonds is 14. The highest BCUT2D eigenvalue weighted by molar-refractivity contribution is 7.85. The van der Waals surface area contributed by atoms with Crippen molar-refractivity contribution in [3.8, 4) is 5.40 Å². The Kier molecular flexibility index (Phi) is 24.3. The van der Waals surface area contributed by atoms with Gasteiger partial charge in [-0.25, -0.2) is 0 Å². The Morgan fingerprint density at radius 1 is 0.857 bits per heavy atom. The van der Waals surface area contributed by atoms with E-state index in [1.165, 1.54) is 88.9 Å². The van der Waals surface area contributed by atoms with Gasteiger partial charge in [-0.2, -0.15) is 5.26 Å². The zero-order chi connectivity index (χ0) is 16.2. The third-order valence-corrected chi connectivity index (χ3v) is 3.96. The summed E-state index contributed by atoms with van der Waals surface area (Å²) >= 11 is 3.09. The summed E-state index contributed by atoms with van der Waals surface area (Å²) in [7, 11) is 0. The predicted molar refractivity (Wildman–Crippen MR) is 98.5 cm³/mol. The molecule has 0 rings (SSSR count). The molecule has 0 bridgehead atoms. The van der Waals surface area contributed by atoms with E-state index in [-0.39, 0.29) is 0 Å². The summed E-state index contributed by atoms with van der Waals surface area (Å²) in [4.78, 5) is 0. The summed E-state index contributed by atoms with van der Waals surface area (Å²) < 4.78 is 0. The average molecular weight is 315 g/mol. The first kappa shape index (κ1) is 23.1. The molecule has 0 saturated carbocycles. The van der Waals surface area contributed by atoms with Crippen molar-refractivity contribution in [2.75, 3.05) is 6.54 Å². The van der Waals surface area contributed by atoms with Crippen molar-refractivity contribution in [2.24, 2.45) is 11.7 Å². The summed E-state index contributed by atoms with van der Waals surface area (Å²) in [5, 5.41) is 8.63. The Morgan fingerprint density at radius 3 is 1.62 bits per heavy atom. The van der Waals surface area contributed by atoms with Crippen LogP contribution >= 0.6 is 12.6 Å². The van der Waals surface area contributed by atoms with Crippen LogP contribution in [0.15, 0.2) is 0 Å². The summed E-state index contributed by atoms with van der Waals surface area (Å²) in [6.45, 7) is 5.48. The van der Waals surface area contributed by atoms with E-state index in [2.05, 4.69) is 26.5 Å². The molecule has 0 radical (unpaired) electrons. The molecule has 126 valence electrons. The van der Waals surface area contributed by atoms with Gasteiger partial charge in [0, 0.05) is 0 Å². The lowest BCUT2D eigenvalue weighted by atomic mass is 9.99. The first-order valence-corrected chi connectivity index (χ1v) is 9.40. The van der Waals surface area contributed by atoms with Crippen molar-refractivity contribution in [3.63, 3.8) is 0 Å². The van der Waals surface area contributed by atoms with Crippen LogP contribution in [0.5, 0.6) is 0 Å². The second kappa shape index (κ2) is 22.1. The van der Waals surface area contributed by atoms with Crippen molar-refractivity contribution in [1.82, 2.24) is 0 Å². The zero-order valence-electron chi connectivity index (χ0n) is 14.4. The molecule has 3 heteroatoms.